The average molecular weight is 358 g/mol. The fourth-order valence-electron chi connectivity index (χ4n) is 2.27. The fraction of sp³-hybridized carbons (Fsp3) is 0.167. The van der Waals surface area contributed by atoms with Crippen molar-refractivity contribution < 1.29 is 4.79 Å². The molecular formula is C18H16ClN3OS. The van der Waals surface area contributed by atoms with Gasteiger partial charge in [0.05, 0.1) is 12.1 Å². The van der Waals surface area contributed by atoms with Crippen LogP contribution in [0.3, 0.4) is 0 Å². The van der Waals surface area contributed by atoms with Gasteiger partial charge in [0, 0.05) is 42.0 Å². The van der Waals surface area contributed by atoms with E-state index in [2.05, 4.69) is 9.97 Å². The summed E-state index contributed by atoms with van der Waals surface area (Å²) >= 11 is 7.67. The Balaban J connectivity index is 1.65. The van der Waals surface area contributed by atoms with E-state index in [1.54, 1.807) is 24.3 Å². The minimum atomic E-state index is 0.0120. The Kier molecular flexibility index (Phi) is 5.23. The third kappa shape index (κ3) is 3.99. The van der Waals surface area contributed by atoms with Gasteiger partial charge < -0.3 is 4.90 Å². The van der Waals surface area contributed by atoms with Crippen LogP contribution in [-0.2, 0) is 17.8 Å². The van der Waals surface area contributed by atoms with E-state index in [9.17, 15) is 4.79 Å². The van der Waals surface area contributed by atoms with E-state index in [1.165, 1.54) is 11.3 Å². The highest BCUT2D eigenvalue weighted by Crippen LogP contribution is 2.23. The number of thiazole rings is 1. The average Bonchev–Trinajstić information content (AvgIpc) is 3.06. The Bertz CT molecular complexity index is 835. The summed E-state index contributed by atoms with van der Waals surface area (Å²) in [5, 5.41) is 3.47. The van der Waals surface area contributed by atoms with E-state index in [0.29, 0.717) is 11.6 Å². The maximum atomic E-state index is 12.4. The van der Waals surface area contributed by atoms with Crippen molar-refractivity contribution >= 4 is 28.8 Å². The van der Waals surface area contributed by atoms with E-state index in [1.807, 2.05) is 41.8 Å². The molecule has 0 aliphatic heterocycles. The van der Waals surface area contributed by atoms with Gasteiger partial charge in [0.2, 0.25) is 5.91 Å². The summed E-state index contributed by atoms with van der Waals surface area (Å²) < 4.78 is 0. The summed E-state index contributed by atoms with van der Waals surface area (Å²) in [5.41, 5.74) is 2.67. The van der Waals surface area contributed by atoms with Gasteiger partial charge >= 0.3 is 0 Å². The molecule has 0 radical (unpaired) electrons. The van der Waals surface area contributed by atoms with Crippen LogP contribution >= 0.6 is 22.9 Å². The molecule has 0 spiro atoms. The zero-order chi connectivity index (χ0) is 16.9. The molecule has 122 valence electrons. The monoisotopic (exact) mass is 357 g/mol. The molecule has 0 unspecified atom stereocenters. The van der Waals surface area contributed by atoms with E-state index < -0.39 is 0 Å². The maximum absolute atomic E-state index is 12.4. The highest BCUT2D eigenvalue weighted by atomic mass is 35.5. The molecule has 0 saturated carbocycles. The van der Waals surface area contributed by atoms with Crippen molar-refractivity contribution in [2.75, 3.05) is 7.05 Å². The smallest absolute Gasteiger partial charge is 0.228 e. The van der Waals surface area contributed by atoms with E-state index in [4.69, 9.17) is 11.6 Å². The number of carbonyl (C=O) groups is 1. The van der Waals surface area contributed by atoms with Crippen molar-refractivity contribution in [3.8, 4) is 10.6 Å². The molecule has 0 bridgehead atoms. The topological polar surface area (TPSA) is 46.1 Å². The quantitative estimate of drug-likeness (QED) is 0.691. The number of hydrogen-bond acceptors (Lipinski definition) is 4. The van der Waals surface area contributed by atoms with Crippen molar-refractivity contribution in [1.29, 1.82) is 0 Å². The van der Waals surface area contributed by atoms with Crippen molar-refractivity contribution in [3.63, 3.8) is 0 Å². The molecule has 3 aromatic rings. The molecule has 4 nitrogen and oxygen atoms in total. The Hall–Kier alpha value is -2.24. The first-order chi connectivity index (χ1) is 11.6. The summed E-state index contributed by atoms with van der Waals surface area (Å²) in [5.74, 6) is 0.0120. The Morgan fingerprint density at radius 2 is 2.08 bits per heavy atom. The molecule has 2 aromatic heterocycles. The molecule has 0 atom stereocenters. The summed E-state index contributed by atoms with van der Waals surface area (Å²) in [6.45, 7) is 0.484. The number of rotatable bonds is 5. The predicted octanol–water partition coefficient (Wildman–Crippen LogP) is 4.06. The highest BCUT2D eigenvalue weighted by molar-refractivity contribution is 7.13. The number of hydrogen-bond donors (Lipinski definition) is 0. The van der Waals surface area contributed by atoms with Crippen LogP contribution in [0.1, 0.15) is 11.3 Å². The van der Waals surface area contributed by atoms with Crippen LogP contribution in [0.2, 0.25) is 5.02 Å². The lowest BCUT2D eigenvalue weighted by Crippen LogP contribution is -2.27. The van der Waals surface area contributed by atoms with Crippen LogP contribution in [0.5, 0.6) is 0 Å². The lowest BCUT2D eigenvalue weighted by molar-refractivity contribution is -0.129. The first-order valence-corrected chi connectivity index (χ1v) is 8.71. The van der Waals surface area contributed by atoms with Gasteiger partial charge in [-0.15, -0.1) is 11.3 Å². The van der Waals surface area contributed by atoms with E-state index in [0.717, 1.165) is 21.8 Å². The van der Waals surface area contributed by atoms with Gasteiger partial charge in [-0.25, -0.2) is 4.98 Å². The molecule has 0 aliphatic rings. The molecule has 24 heavy (non-hydrogen) atoms. The first kappa shape index (κ1) is 16.6. The largest absolute Gasteiger partial charge is 0.341 e. The molecule has 0 aliphatic carbocycles. The van der Waals surface area contributed by atoms with Crippen molar-refractivity contribution in [1.82, 2.24) is 14.9 Å². The zero-order valence-electron chi connectivity index (χ0n) is 13.1. The second kappa shape index (κ2) is 7.55. The number of likely N-dealkylation sites (N-methyl/N-ethyl adjacent to an activating group) is 1. The van der Waals surface area contributed by atoms with Crippen LogP contribution in [0.25, 0.3) is 10.6 Å². The van der Waals surface area contributed by atoms with Gasteiger partial charge in [0.25, 0.3) is 0 Å². The summed E-state index contributed by atoms with van der Waals surface area (Å²) in [6.07, 6.45) is 3.77. The lowest BCUT2D eigenvalue weighted by atomic mass is 10.2. The van der Waals surface area contributed by atoms with E-state index >= 15 is 0 Å². The molecule has 0 fully saturated rings. The number of carbonyl (C=O) groups excluding carboxylic acids is 1. The Morgan fingerprint density at radius 1 is 1.25 bits per heavy atom. The second-order valence-electron chi connectivity index (χ2n) is 5.40. The molecular weight excluding hydrogens is 342 g/mol. The molecule has 3 rings (SSSR count). The van der Waals surface area contributed by atoms with Gasteiger partial charge in [-0.3, -0.25) is 9.78 Å². The summed E-state index contributed by atoms with van der Waals surface area (Å²) in [4.78, 5) is 22.7. The van der Waals surface area contributed by atoms with Crippen LogP contribution in [0, 0.1) is 0 Å². The van der Waals surface area contributed by atoms with E-state index in [-0.39, 0.29) is 12.3 Å². The normalized spacial score (nSPS) is 10.6. The molecule has 1 amide bonds. The van der Waals surface area contributed by atoms with Gasteiger partial charge in [0.1, 0.15) is 5.01 Å². The number of halogens is 1. The minimum absolute atomic E-state index is 0.0120. The zero-order valence-corrected chi connectivity index (χ0v) is 14.7. The van der Waals surface area contributed by atoms with Crippen LogP contribution in [-0.4, -0.2) is 27.8 Å². The molecule has 0 N–H and O–H groups in total. The van der Waals surface area contributed by atoms with Gasteiger partial charge in [-0.2, -0.15) is 0 Å². The number of aromatic nitrogens is 2. The number of benzene rings is 1. The Morgan fingerprint density at radius 3 is 2.83 bits per heavy atom. The highest BCUT2D eigenvalue weighted by Gasteiger charge is 2.14. The van der Waals surface area contributed by atoms with Crippen LogP contribution in [0.15, 0.2) is 54.2 Å². The minimum Gasteiger partial charge on any atom is -0.341 e. The molecule has 0 saturated heterocycles. The third-order valence-electron chi connectivity index (χ3n) is 3.58. The second-order valence-corrected chi connectivity index (χ2v) is 6.67. The van der Waals surface area contributed by atoms with Crippen molar-refractivity contribution in [3.05, 3.63) is 70.5 Å². The van der Waals surface area contributed by atoms with Crippen LogP contribution in [0.4, 0.5) is 0 Å². The Labute approximate surface area is 149 Å². The maximum Gasteiger partial charge on any atom is 0.228 e. The number of amides is 1. The number of nitrogens with zero attached hydrogens (tertiary/aromatic N) is 3. The first-order valence-electron chi connectivity index (χ1n) is 7.45. The van der Waals surface area contributed by atoms with Crippen molar-refractivity contribution in [2.45, 2.75) is 13.0 Å². The summed E-state index contributed by atoms with van der Waals surface area (Å²) in [6, 6.07) is 11.4. The third-order valence-corrected chi connectivity index (χ3v) is 4.89. The standard InChI is InChI=1S/C18H16ClN3OS/c1-22(11-14-5-2-3-7-16(14)19)17(23)9-15-12-24-18(21-15)13-6-4-8-20-10-13/h2-8,10,12H,9,11H2,1H3. The van der Waals surface area contributed by atoms with Gasteiger partial charge in [0.15, 0.2) is 0 Å². The fourth-order valence-corrected chi connectivity index (χ4v) is 3.28. The molecule has 6 heteroatoms. The number of pyridine rings is 1. The van der Waals surface area contributed by atoms with Crippen LogP contribution < -0.4 is 0 Å². The van der Waals surface area contributed by atoms with Crippen molar-refractivity contribution in [2.24, 2.45) is 0 Å². The molecule has 2 heterocycles. The predicted molar refractivity (Wildman–Crippen MR) is 97.0 cm³/mol. The SMILES string of the molecule is CN(Cc1ccccc1Cl)C(=O)Cc1csc(-c2cccnc2)n1. The molecule has 1 aromatic carbocycles. The summed E-state index contributed by atoms with van der Waals surface area (Å²) in [7, 11) is 1.78. The lowest BCUT2D eigenvalue weighted by Gasteiger charge is -2.17. The van der Waals surface area contributed by atoms with Gasteiger partial charge in [-0.1, -0.05) is 29.8 Å². The van der Waals surface area contributed by atoms with Gasteiger partial charge in [-0.05, 0) is 23.8 Å².